The Bertz CT molecular complexity index is 579. The Kier molecular flexibility index (Phi) is 3.11. The first-order valence-corrected chi connectivity index (χ1v) is 7.51. The van der Waals surface area contributed by atoms with Gasteiger partial charge in [-0.15, -0.1) is 0 Å². The van der Waals surface area contributed by atoms with E-state index in [2.05, 4.69) is 0 Å². The summed E-state index contributed by atoms with van der Waals surface area (Å²) in [6.45, 7) is 0.357. The molecule has 2 N–H and O–H groups in total. The van der Waals surface area contributed by atoms with Gasteiger partial charge in [-0.25, -0.2) is 12.8 Å². The Morgan fingerprint density at radius 2 is 2.06 bits per heavy atom. The molecular weight excluding hydrogens is 257 g/mol. The predicted octanol–water partition coefficient (Wildman–Crippen LogP) is 1.23. The van der Waals surface area contributed by atoms with Gasteiger partial charge < -0.3 is 10.5 Å². The maximum absolute atomic E-state index is 13.6. The lowest BCUT2D eigenvalue weighted by molar-refractivity contribution is 0.390. The van der Waals surface area contributed by atoms with Gasteiger partial charge in [0, 0.05) is 23.8 Å². The van der Waals surface area contributed by atoms with Crippen molar-refractivity contribution >= 4 is 9.84 Å². The molecule has 0 saturated heterocycles. The molecule has 0 heterocycles. The van der Waals surface area contributed by atoms with Crippen molar-refractivity contribution in [3.63, 3.8) is 0 Å². The van der Waals surface area contributed by atoms with Crippen molar-refractivity contribution in [2.75, 3.05) is 19.9 Å². The van der Waals surface area contributed by atoms with Crippen molar-refractivity contribution in [2.24, 2.45) is 5.73 Å². The summed E-state index contributed by atoms with van der Waals surface area (Å²) < 4.78 is 42.1. The zero-order valence-electron chi connectivity index (χ0n) is 10.4. The Morgan fingerprint density at radius 1 is 1.44 bits per heavy atom. The van der Waals surface area contributed by atoms with Gasteiger partial charge in [0.05, 0.1) is 7.11 Å². The van der Waals surface area contributed by atoms with Crippen LogP contribution in [0.5, 0.6) is 5.75 Å². The van der Waals surface area contributed by atoms with Crippen LogP contribution in [0.4, 0.5) is 4.39 Å². The molecule has 1 aliphatic carbocycles. The Morgan fingerprint density at radius 3 is 2.44 bits per heavy atom. The third-order valence-electron chi connectivity index (χ3n) is 3.44. The molecule has 0 bridgehead atoms. The maximum atomic E-state index is 13.6. The minimum atomic E-state index is -3.54. The number of ether oxygens (including phenoxy) is 1. The third-order valence-corrected chi connectivity index (χ3v) is 4.54. The lowest BCUT2D eigenvalue weighted by atomic mass is 9.95. The second-order valence-corrected chi connectivity index (χ2v) is 6.73. The summed E-state index contributed by atoms with van der Waals surface area (Å²) in [4.78, 5) is -0.111. The largest absolute Gasteiger partial charge is 0.495 e. The number of rotatable bonds is 4. The molecule has 0 amide bonds. The molecule has 0 unspecified atom stereocenters. The first-order chi connectivity index (χ1) is 8.34. The summed E-state index contributed by atoms with van der Waals surface area (Å²) in [7, 11) is -2.15. The SMILES string of the molecule is COc1c(C2(CN)CC2)cc(F)cc1S(C)(=O)=O. The molecule has 0 spiro atoms. The van der Waals surface area contributed by atoms with Crippen molar-refractivity contribution in [2.45, 2.75) is 23.2 Å². The molecular formula is C12H16FNO3S. The normalized spacial score (nSPS) is 17.6. The quantitative estimate of drug-likeness (QED) is 0.895. The van der Waals surface area contributed by atoms with E-state index < -0.39 is 15.7 Å². The van der Waals surface area contributed by atoms with E-state index in [0.29, 0.717) is 12.1 Å². The molecule has 1 saturated carbocycles. The van der Waals surface area contributed by atoms with Crippen LogP contribution in [0.25, 0.3) is 0 Å². The van der Waals surface area contributed by atoms with Crippen LogP contribution in [-0.4, -0.2) is 28.3 Å². The van der Waals surface area contributed by atoms with E-state index in [1.165, 1.54) is 13.2 Å². The van der Waals surface area contributed by atoms with Gasteiger partial charge >= 0.3 is 0 Å². The molecule has 0 radical (unpaired) electrons. The molecule has 1 aromatic rings. The van der Waals surface area contributed by atoms with Crippen molar-refractivity contribution in [3.05, 3.63) is 23.5 Å². The Labute approximate surface area is 106 Å². The highest BCUT2D eigenvalue weighted by Crippen LogP contribution is 2.51. The van der Waals surface area contributed by atoms with Crippen LogP contribution in [0, 0.1) is 5.82 Å². The van der Waals surface area contributed by atoms with Gasteiger partial charge in [-0.3, -0.25) is 0 Å². The summed E-state index contributed by atoms with van der Waals surface area (Å²) >= 11 is 0. The van der Waals surface area contributed by atoms with Gasteiger partial charge in [-0.05, 0) is 25.0 Å². The second kappa shape index (κ2) is 4.20. The maximum Gasteiger partial charge on any atom is 0.179 e. The number of hydrogen-bond acceptors (Lipinski definition) is 4. The summed E-state index contributed by atoms with van der Waals surface area (Å²) in [5, 5.41) is 0. The van der Waals surface area contributed by atoms with Gasteiger partial charge in [0.1, 0.15) is 16.5 Å². The van der Waals surface area contributed by atoms with Crippen LogP contribution in [0.3, 0.4) is 0 Å². The van der Waals surface area contributed by atoms with E-state index in [4.69, 9.17) is 10.5 Å². The van der Waals surface area contributed by atoms with Crippen molar-refractivity contribution in [1.82, 2.24) is 0 Å². The van der Waals surface area contributed by atoms with E-state index in [1.54, 1.807) is 0 Å². The number of benzene rings is 1. The van der Waals surface area contributed by atoms with Crippen molar-refractivity contribution in [1.29, 1.82) is 0 Å². The van der Waals surface area contributed by atoms with Gasteiger partial charge in [0.25, 0.3) is 0 Å². The average molecular weight is 273 g/mol. The van der Waals surface area contributed by atoms with E-state index in [-0.39, 0.29) is 16.1 Å². The number of hydrogen-bond donors (Lipinski definition) is 1. The molecule has 6 heteroatoms. The zero-order valence-corrected chi connectivity index (χ0v) is 11.2. The second-order valence-electron chi connectivity index (χ2n) is 4.74. The van der Waals surface area contributed by atoms with Crippen molar-refractivity contribution < 1.29 is 17.5 Å². The smallest absolute Gasteiger partial charge is 0.179 e. The molecule has 100 valence electrons. The first kappa shape index (κ1) is 13.3. The van der Waals surface area contributed by atoms with Crippen LogP contribution >= 0.6 is 0 Å². The lowest BCUT2D eigenvalue weighted by Crippen LogP contribution is -2.21. The molecule has 4 nitrogen and oxygen atoms in total. The third kappa shape index (κ3) is 2.10. The van der Waals surface area contributed by atoms with Gasteiger partial charge in [-0.1, -0.05) is 0 Å². The highest BCUT2D eigenvalue weighted by atomic mass is 32.2. The number of halogens is 1. The predicted molar refractivity (Wildman–Crippen MR) is 66.0 cm³/mol. The fraction of sp³-hybridized carbons (Fsp3) is 0.500. The molecule has 1 fully saturated rings. The van der Waals surface area contributed by atoms with Crippen LogP contribution in [0.1, 0.15) is 18.4 Å². The number of methoxy groups -OCH3 is 1. The minimum absolute atomic E-state index is 0.111. The van der Waals surface area contributed by atoms with Gasteiger partial charge in [0.2, 0.25) is 0 Å². The van der Waals surface area contributed by atoms with Gasteiger partial charge in [-0.2, -0.15) is 0 Å². The molecule has 0 aromatic heterocycles. The summed E-state index contributed by atoms with van der Waals surface area (Å²) in [6.07, 6.45) is 2.69. The van der Waals surface area contributed by atoms with E-state index in [9.17, 15) is 12.8 Å². The number of sulfone groups is 1. The topological polar surface area (TPSA) is 69.4 Å². The Hall–Kier alpha value is -1.14. The molecule has 18 heavy (non-hydrogen) atoms. The summed E-state index contributed by atoms with van der Waals surface area (Å²) in [6, 6.07) is 2.32. The van der Waals surface area contributed by atoms with E-state index in [1.807, 2.05) is 0 Å². The zero-order chi connectivity index (χ0) is 13.6. The molecule has 0 atom stereocenters. The van der Waals surface area contributed by atoms with Crippen LogP contribution in [-0.2, 0) is 15.3 Å². The Balaban J connectivity index is 2.71. The first-order valence-electron chi connectivity index (χ1n) is 5.62. The minimum Gasteiger partial charge on any atom is -0.495 e. The van der Waals surface area contributed by atoms with Crippen LogP contribution in [0.2, 0.25) is 0 Å². The highest BCUT2D eigenvalue weighted by Gasteiger charge is 2.46. The highest BCUT2D eigenvalue weighted by molar-refractivity contribution is 7.90. The fourth-order valence-corrected chi connectivity index (χ4v) is 3.04. The van der Waals surface area contributed by atoms with Crippen LogP contribution < -0.4 is 10.5 Å². The van der Waals surface area contributed by atoms with Crippen LogP contribution in [0.15, 0.2) is 17.0 Å². The number of nitrogens with two attached hydrogens (primary N) is 1. The standard InChI is InChI=1S/C12H16FNO3S/c1-17-11-9(12(7-14)3-4-12)5-8(13)6-10(11)18(2,15)16/h5-6H,3-4,7,14H2,1-2H3. The van der Waals surface area contributed by atoms with E-state index in [0.717, 1.165) is 25.2 Å². The molecule has 1 aromatic carbocycles. The summed E-state index contributed by atoms with van der Waals surface area (Å²) in [5.74, 6) is -0.354. The average Bonchev–Trinajstić information content (AvgIpc) is 3.07. The van der Waals surface area contributed by atoms with E-state index >= 15 is 0 Å². The molecule has 2 rings (SSSR count). The fourth-order valence-electron chi connectivity index (χ4n) is 2.18. The molecule has 0 aliphatic heterocycles. The lowest BCUT2D eigenvalue weighted by Gasteiger charge is -2.19. The summed E-state index contributed by atoms with van der Waals surface area (Å²) in [5.41, 5.74) is 5.94. The van der Waals surface area contributed by atoms with Gasteiger partial charge in [0.15, 0.2) is 9.84 Å². The molecule has 1 aliphatic rings. The monoisotopic (exact) mass is 273 g/mol. The van der Waals surface area contributed by atoms with Crippen molar-refractivity contribution in [3.8, 4) is 5.75 Å².